The molecule has 2 aromatic rings. The Labute approximate surface area is 95.7 Å². The highest BCUT2D eigenvalue weighted by Gasteiger charge is 2.34. The van der Waals surface area contributed by atoms with Gasteiger partial charge in [0.05, 0.1) is 5.69 Å². The minimum Gasteiger partial charge on any atom is -0.399 e. The van der Waals surface area contributed by atoms with Crippen LogP contribution < -0.4 is 5.73 Å². The van der Waals surface area contributed by atoms with E-state index in [1.165, 1.54) is 4.68 Å². The van der Waals surface area contributed by atoms with Crippen LogP contribution in [0.2, 0.25) is 0 Å². The van der Waals surface area contributed by atoms with E-state index in [9.17, 15) is 13.2 Å². The maximum absolute atomic E-state index is 12.5. The maximum Gasteiger partial charge on any atom is 0.435 e. The minimum absolute atomic E-state index is 0.419. The van der Waals surface area contributed by atoms with Crippen LogP contribution in [0.4, 0.5) is 18.9 Å². The molecule has 0 aliphatic rings. The molecule has 2 rings (SSSR count). The van der Waals surface area contributed by atoms with Crippen LogP contribution in [0.1, 0.15) is 11.4 Å². The third-order valence-corrected chi connectivity index (χ3v) is 2.32. The Morgan fingerprint density at radius 1 is 1.18 bits per heavy atom. The number of benzene rings is 1. The predicted molar refractivity (Wildman–Crippen MR) is 57.7 cm³/mol. The zero-order valence-corrected chi connectivity index (χ0v) is 8.99. The van der Waals surface area contributed by atoms with Crippen molar-refractivity contribution in [2.24, 2.45) is 0 Å². The van der Waals surface area contributed by atoms with Gasteiger partial charge in [0.2, 0.25) is 0 Å². The van der Waals surface area contributed by atoms with Crippen molar-refractivity contribution in [2.45, 2.75) is 13.1 Å². The summed E-state index contributed by atoms with van der Waals surface area (Å²) in [4.78, 5) is 0. The van der Waals surface area contributed by atoms with Gasteiger partial charge in [-0.2, -0.15) is 18.3 Å². The Morgan fingerprint density at radius 3 is 2.24 bits per heavy atom. The molecule has 2 N–H and O–H groups in total. The van der Waals surface area contributed by atoms with E-state index in [1.54, 1.807) is 31.2 Å². The molecule has 0 bridgehead atoms. The van der Waals surface area contributed by atoms with Crippen molar-refractivity contribution in [1.82, 2.24) is 9.78 Å². The summed E-state index contributed by atoms with van der Waals surface area (Å²) in [5.74, 6) is 0. The summed E-state index contributed by atoms with van der Waals surface area (Å²) in [5, 5.41) is 3.53. The summed E-state index contributed by atoms with van der Waals surface area (Å²) >= 11 is 0. The lowest BCUT2D eigenvalue weighted by Gasteiger charge is -2.04. The monoisotopic (exact) mass is 241 g/mol. The SMILES string of the molecule is Cc1cc(C(F)(F)F)nn1-c1ccc(N)cc1. The summed E-state index contributed by atoms with van der Waals surface area (Å²) in [5.41, 5.74) is 6.13. The van der Waals surface area contributed by atoms with Crippen LogP contribution in [0.15, 0.2) is 30.3 Å². The molecular weight excluding hydrogens is 231 g/mol. The molecule has 0 spiro atoms. The Balaban J connectivity index is 2.46. The molecule has 0 saturated carbocycles. The van der Waals surface area contributed by atoms with E-state index in [2.05, 4.69) is 5.10 Å². The number of anilines is 1. The molecule has 0 radical (unpaired) electrons. The van der Waals surface area contributed by atoms with Crippen molar-refractivity contribution in [1.29, 1.82) is 0 Å². The number of aromatic nitrogens is 2. The minimum atomic E-state index is -4.43. The predicted octanol–water partition coefficient (Wildman–Crippen LogP) is 2.78. The molecule has 0 fully saturated rings. The van der Waals surface area contributed by atoms with Crippen molar-refractivity contribution in [3.8, 4) is 5.69 Å². The summed E-state index contributed by atoms with van der Waals surface area (Å²) < 4.78 is 38.6. The van der Waals surface area contributed by atoms with Gasteiger partial charge < -0.3 is 5.73 Å². The molecule has 1 heterocycles. The van der Waals surface area contributed by atoms with Crippen LogP contribution in [0, 0.1) is 6.92 Å². The van der Waals surface area contributed by atoms with Crippen molar-refractivity contribution in [3.05, 3.63) is 41.7 Å². The standard InChI is InChI=1S/C11H10F3N3/c1-7-6-10(11(12,13)14)16-17(7)9-4-2-8(15)3-5-9/h2-6H,15H2,1H3. The fourth-order valence-electron chi connectivity index (χ4n) is 1.49. The van der Waals surface area contributed by atoms with Crippen LogP contribution in [0.25, 0.3) is 5.69 Å². The lowest BCUT2D eigenvalue weighted by molar-refractivity contribution is -0.141. The molecule has 0 aliphatic heterocycles. The molecular formula is C11H10F3N3. The Morgan fingerprint density at radius 2 is 1.76 bits per heavy atom. The molecule has 0 saturated heterocycles. The topological polar surface area (TPSA) is 43.8 Å². The highest BCUT2D eigenvalue weighted by atomic mass is 19.4. The van der Waals surface area contributed by atoms with E-state index < -0.39 is 11.9 Å². The first kappa shape index (κ1) is 11.5. The van der Waals surface area contributed by atoms with Crippen LogP contribution in [-0.4, -0.2) is 9.78 Å². The first-order valence-corrected chi connectivity index (χ1v) is 4.88. The number of rotatable bonds is 1. The largest absolute Gasteiger partial charge is 0.435 e. The third-order valence-electron chi connectivity index (χ3n) is 2.32. The second-order valence-corrected chi connectivity index (χ2v) is 3.67. The average molecular weight is 241 g/mol. The Kier molecular flexibility index (Phi) is 2.57. The summed E-state index contributed by atoms with van der Waals surface area (Å²) in [7, 11) is 0. The molecule has 6 heteroatoms. The Bertz CT molecular complexity index is 526. The van der Waals surface area contributed by atoms with Crippen molar-refractivity contribution >= 4 is 5.69 Å². The molecule has 1 aromatic carbocycles. The fourth-order valence-corrected chi connectivity index (χ4v) is 1.49. The quantitative estimate of drug-likeness (QED) is 0.780. The molecule has 1 aromatic heterocycles. The number of halogens is 3. The third kappa shape index (κ3) is 2.25. The number of nitrogens with two attached hydrogens (primary N) is 1. The van der Waals surface area contributed by atoms with Gasteiger partial charge in [0, 0.05) is 11.4 Å². The van der Waals surface area contributed by atoms with E-state index >= 15 is 0 Å². The van der Waals surface area contributed by atoms with Gasteiger partial charge >= 0.3 is 6.18 Å². The molecule has 90 valence electrons. The van der Waals surface area contributed by atoms with E-state index in [0.717, 1.165) is 6.07 Å². The number of nitrogen functional groups attached to an aromatic ring is 1. The normalized spacial score (nSPS) is 11.8. The molecule has 0 unspecified atom stereocenters. The van der Waals surface area contributed by atoms with Gasteiger partial charge in [-0.25, -0.2) is 4.68 Å². The van der Waals surface area contributed by atoms with Crippen molar-refractivity contribution in [2.75, 3.05) is 5.73 Å². The van der Waals surface area contributed by atoms with Crippen molar-refractivity contribution in [3.63, 3.8) is 0 Å². The van der Waals surface area contributed by atoms with Gasteiger partial charge in [0.25, 0.3) is 0 Å². The smallest absolute Gasteiger partial charge is 0.399 e. The van der Waals surface area contributed by atoms with Gasteiger partial charge in [-0.15, -0.1) is 0 Å². The van der Waals surface area contributed by atoms with Crippen LogP contribution in [-0.2, 0) is 6.18 Å². The lowest BCUT2D eigenvalue weighted by Crippen LogP contribution is -2.07. The number of hydrogen-bond donors (Lipinski definition) is 1. The van der Waals surface area contributed by atoms with Gasteiger partial charge in [0.1, 0.15) is 0 Å². The van der Waals surface area contributed by atoms with Gasteiger partial charge in [-0.1, -0.05) is 0 Å². The zero-order chi connectivity index (χ0) is 12.6. The first-order chi connectivity index (χ1) is 7.88. The zero-order valence-electron chi connectivity index (χ0n) is 8.99. The second kappa shape index (κ2) is 3.80. The van der Waals surface area contributed by atoms with Crippen LogP contribution >= 0.6 is 0 Å². The highest BCUT2D eigenvalue weighted by Crippen LogP contribution is 2.29. The summed E-state index contributed by atoms with van der Waals surface area (Å²) in [6.45, 7) is 1.57. The molecule has 0 amide bonds. The molecule has 0 aliphatic carbocycles. The maximum atomic E-state index is 12.5. The number of aryl methyl sites for hydroxylation is 1. The molecule has 17 heavy (non-hydrogen) atoms. The first-order valence-electron chi connectivity index (χ1n) is 4.88. The van der Waals surface area contributed by atoms with E-state index in [1.807, 2.05) is 0 Å². The second-order valence-electron chi connectivity index (χ2n) is 3.67. The van der Waals surface area contributed by atoms with Crippen LogP contribution in [0.3, 0.4) is 0 Å². The van der Waals surface area contributed by atoms with Crippen LogP contribution in [0.5, 0.6) is 0 Å². The van der Waals surface area contributed by atoms with E-state index in [-0.39, 0.29) is 0 Å². The number of alkyl halides is 3. The Hall–Kier alpha value is -1.98. The lowest BCUT2D eigenvalue weighted by atomic mass is 10.3. The summed E-state index contributed by atoms with van der Waals surface area (Å²) in [6.07, 6.45) is -4.43. The number of nitrogens with zero attached hydrogens (tertiary/aromatic N) is 2. The van der Waals surface area contributed by atoms with E-state index in [0.29, 0.717) is 17.1 Å². The van der Waals surface area contributed by atoms with Crippen molar-refractivity contribution < 1.29 is 13.2 Å². The van der Waals surface area contributed by atoms with E-state index in [4.69, 9.17) is 5.73 Å². The summed E-state index contributed by atoms with van der Waals surface area (Å²) in [6, 6.07) is 7.48. The van der Waals surface area contributed by atoms with Gasteiger partial charge in [-0.05, 0) is 37.3 Å². The van der Waals surface area contributed by atoms with Gasteiger partial charge in [0.15, 0.2) is 5.69 Å². The molecule has 3 nitrogen and oxygen atoms in total. The van der Waals surface area contributed by atoms with Gasteiger partial charge in [-0.3, -0.25) is 0 Å². The average Bonchev–Trinajstić information content (AvgIpc) is 2.61. The fraction of sp³-hybridized carbons (Fsp3) is 0.182. The highest BCUT2D eigenvalue weighted by molar-refractivity contribution is 5.45. The molecule has 0 atom stereocenters. The number of hydrogen-bond acceptors (Lipinski definition) is 2.